The summed E-state index contributed by atoms with van der Waals surface area (Å²) in [7, 11) is 1.58. The maximum absolute atomic E-state index is 11.6. The summed E-state index contributed by atoms with van der Waals surface area (Å²) in [6.45, 7) is 0. The van der Waals surface area contributed by atoms with E-state index in [4.69, 9.17) is 9.84 Å². The number of benzene rings is 1. The number of nitrogens with zero attached hydrogens (tertiary/aromatic N) is 2. The lowest BCUT2D eigenvalue weighted by Crippen LogP contribution is -2.14. The summed E-state index contributed by atoms with van der Waals surface area (Å²) < 4.78 is 5.14. The molecular weight excluding hydrogens is 300 g/mol. The van der Waals surface area contributed by atoms with Crippen molar-refractivity contribution in [1.29, 1.82) is 0 Å². The molecule has 120 valence electrons. The second kappa shape index (κ2) is 7.74. The summed E-state index contributed by atoms with van der Waals surface area (Å²) in [5.41, 5.74) is 0.770. The molecule has 0 saturated carbocycles. The van der Waals surface area contributed by atoms with Crippen molar-refractivity contribution in [2.45, 2.75) is 12.8 Å². The van der Waals surface area contributed by atoms with Crippen LogP contribution in [-0.4, -0.2) is 34.1 Å². The second-order valence-electron chi connectivity index (χ2n) is 4.59. The van der Waals surface area contributed by atoms with Crippen LogP contribution < -0.4 is 15.4 Å². The summed E-state index contributed by atoms with van der Waals surface area (Å²) in [6, 6.07) is 8.84. The lowest BCUT2D eigenvalue weighted by atomic mass is 10.3. The maximum atomic E-state index is 11.6. The van der Waals surface area contributed by atoms with E-state index in [1.807, 2.05) is 18.2 Å². The SMILES string of the molecule is COc1cccc(Nc2cc(NC(=O)CCC(=O)O)ncn2)c1. The summed E-state index contributed by atoms with van der Waals surface area (Å²) in [4.78, 5) is 30.0. The van der Waals surface area contributed by atoms with Crippen molar-refractivity contribution < 1.29 is 19.4 Å². The Hall–Kier alpha value is -3.16. The Bertz CT molecular complexity index is 705. The van der Waals surface area contributed by atoms with Crippen molar-refractivity contribution in [3.8, 4) is 5.75 Å². The minimum atomic E-state index is -1.02. The highest BCUT2D eigenvalue weighted by molar-refractivity contribution is 5.91. The fraction of sp³-hybridized carbons (Fsp3) is 0.200. The van der Waals surface area contributed by atoms with Crippen molar-refractivity contribution in [3.05, 3.63) is 36.7 Å². The molecule has 0 atom stereocenters. The van der Waals surface area contributed by atoms with Gasteiger partial charge in [-0.3, -0.25) is 9.59 Å². The minimum Gasteiger partial charge on any atom is -0.497 e. The van der Waals surface area contributed by atoms with Crippen molar-refractivity contribution in [2.75, 3.05) is 17.7 Å². The predicted octanol–water partition coefficient (Wildman–Crippen LogP) is 2.03. The van der Waals surface area contributed by atoms with Crippen LogP contribution in [0.5, 0.6) is 5.75 Å². The summed E-state index contributed by atoms with van der Waals surface area (Å²) in [6.07, 6.45) is 0.957. The van der Waals surface area contributed by atoms with E-state index in [0.29, 0.717) is 17.4 Å². The van der Waals surface area contributed by atoms with Crippen LogP contribution in [0.3, 0.4) is 0 Å². The number of aliphatic carboxylic acids is 1. The lowest BCUT2D eigenvalue weighted by molar-refractivity contribution is -0.138. The molecule has 1 heterocycles. The van der Waals surface area contributed by atoms with Crippen LogP contribution in [0.2, 0.25) is 0 Å². The first-order valence-electron chi connectivity index (χ1n) is 6.81. The Morgan fingerprint density at radius 2 is 1.96 bits per heavy atom. The minimum absolute atomic E-state index is 0.113. The number of aromatic nitrogens is 2. The average molecular weight is 316 g/mol. The van der Waals surface area contributed by atoms with Gasteiger partial charge in [-0.25, -0.2) is 9.97 Å². The van der Waals surface area contributed by atoms with Crippen LogP contribution in [0.4, 0.5) is 17.3 Å². The number of ether oxygens (including phenoxy) is 1. The van der Waals surface area contributed by atoms with Gasteiger partial charge >= 0.3 is 5.97 Å². The molecule has 0 aliphatic heterocycles. The van der Waals surface area contributed by atoms with Crippen LogP contribution in [0, 0.1) is 0 Å². The fourth-order valence-corrected chi connectivity index (χ4v) is 1.77. The number of carbonyl (C=O) groups is 2. The van der Waals surface area contributed by atoms with Crippen molar-refractivity contribution in [2.24, 2.45) is 0 Å². The third kappa shape index (κ3) is 5.27. The number of rotatable bonds is 7. The van der Waals surface area contributed by atoms with E-state index in [0.717, 1.165) is 5.69 Å². The average Bonchev–Trinajstić information content (AvgIpc) is 2.53. The molecule has 0 saturated heterocycles. The molecule has 0 aliphatic rings. The number of carboxylic acid groups (broad SMARTS) is 1. The molecule has 0 aliphatic carbocycles. The van der Waals surface area contributed by atoms with Crippen LogP contribution in [0.25, 0.3) is 0 Å². The van der Waals surface area contributed by atoms with Gasteiger partial charge in [0.05, 0.1) is 13.5 Å². The van der Waals surface area contributed by atoms with Gasteiger partial charge < -0.3 is 20.5 Å². The smallest absolute Gasteiger partial charge is 0.303 e. The fourth-order valence-electron chi connectivity index (χ4n) is 1.77. The summed E-state index contributed by atoms with van der Waals surface area (Å²) >= 11 is 0. The van der Waals surface area contributed by atoms with Crippen molar-refractivity contribution in [1.82, 2.24) is 9.97 Å². The van der Waals surface area contributed by atoms with E-state index in [1.54, 1.807) is 19.2 Å². The Kier molecular flexibility index (Phi) is 5.45. The molecule has 0 spiro atoms. The van der Waals surface area contributed by atoms with Gasteiger partial charge in [0.2, 0.25) is 5.91 Å². The molecule has 8 nitrogen and oxygen atoms in total. The molecule has 1 amide bonds. The first-order valence-corrected chi connectivity index (χ1v) is 6.81. The molecule has 0 bridgehead atoms. The van der Waals surface area contributed by atoms with Crippen molar-refractivity contribution >= 4 is 29.2 Å². The number of amides is 1. The molecule has 0 radical (unpaired) electrons. The first-order chi connectivity index (χ1) is 11.1. The first kappa shape index (κ1) is 16.2. The van der Waals surface area contributed by atoms with E-state index < -0.39 is 11.9 Å². The molecule has 2 rings (SSSR count). The number of anilines is 3. The Morgan fingerprint density at radius 3 is 2.70 bits per heavy atom. The zero-order valence-corrected chi connectivity index (χ0v) is 12.4. The van der Waals surface area contributed by atoms with E-state index in [2.05, 4.69) is 20.6 Å². The summed E-state index contributed by atoms with van der Waals surface area (Å²) in [5.74, 6) is 0.0375. The van der Waals surface area contributed by atoms with E-state index >= 15 is 0 Å². The maximum Gasteiger partial charge on any atom is 0.303 e. The van der Waals surface area contributed by atoms with Gasteiger partial charge in [0.1, 0.15) is 23.7 Å². The van der Waals surface area contributed by atoms with Gasteiger partial charge in [-0.05, 0) is 12.1 Å². The number of methoxy groups -OCH3 is 1. The number of nitrogens with one attached hydrogen (secondary N) is 2. The zero-order chi connectivity index (χ0) is 16.7. The molecule has 23 heavy (non-hydrogen) atoms. The molecule has 2 aromatic rings. The third-order valence-corrected chi connectivity index (χ3v) is 2.84. The zero-order valence-electron chi connectivity index (χ0n) is 12.4. The largest absolute Gasteiger partial charge is 0.497 e. The van der Waals surface area contributed by atoms with Gasteiger partial charge in [-0.2, -0.15) is 0 Å². The Labute approximate surface area is 132 Å². The predicted molar refractivity (Wildman–Crippen MR) is 83.8 cm³/mol. The van der Waals surface area contributed by atoms with Crippen molar-refractivity contribution in [3.63, 3.8) is 0 Å². The van der Waals surface area contributed by atoms with Gasteiger partial charge in [0.25, 0.3) is 0 Å². The normalized spacial score (nSPS) is 9.96. The van der Waals surface area contributed by atoms with Gasteiger partial charge in [-0.1, -0.05) is 6.07 Å². The molecule has 0 fully saturated rings. The van der Waals surface area contributed by atoms with E-state index in [1.165, 1.54) is 6.33 Å². The van der Waals surface area contributed by atoms with Gasteiger partial charge in [-0.15, -0.1) is 0 Å². The van der Waals surface area contributed by atoms with Crippen LogP contribution >= 0.6 is 0 Å². The highest BCUT2D eigenvalue weighted by Crippen LogP contribution is 2.21. The molecular formula is C15H16N4O4. The lowest BCUT2D eigenvalue weighted by Gasteiger charge is -2.09. The number of carboxylic acids is 1. The molecule has 1 aromatic heterocycles. The Morgan fingerprint density at radius 1 is 1.17 bits per heavy atom. The standard InChI is InChI=1S/C15H16N4O4/c1-23-11-4-2-3-10(7-11)18-12-8-13(17-9-16-12)19-14(20)5-6-15(21)22/h2-4,7-9H,5-6H2,1H3,(H,21,22)(H2,16,17,18,19,20). The van der Waals surface area contributed by atoms with Gasteiger partial charge in [0, 0.05) is 24.2 Å². The van der Waals surface area contributed by atoms with E-state index in [9.17, 15) is 9.59 Å². The molecule has 0 unspecified atom stereocenters. The molecule has 3 N–H and O–H groups in total. The number of hydrogen-bond donors (Lipinski definition) is 3. The van der Waals surface area contributed by atoms with Crippen LogP contribution in [0.15, 0.2) is 36.7 Å². The monoisotopic (exact) mass is 316 g/mol. The third-order valence-electron chi connectivity index (χ3n) is 2.84. The quantitative estimate of drug-likeness (QED) is 0.716. The van der Waals surface area contributed by atoms with Crippen LogP contribution in [-0.2, 0) is 9.59 Å². The highest BCUT2D eigenvalue weighted by atomic mass is 16.5. The topological polar surface area (TPSA) is 113 Å². The van der Waals surface area contributed by atoms with Crippen LogP contribution in [0.1, 0.15) is 12.8 Å². The summed E-state index contributed by atoms with van der Waals surface area (Å²) in [5, 5.41) is 14.1. The number of hydrogen-bond acceptors (Lipinski definition) is 6. The van der Waals surface area contributed by atoms with Gasteiger partial charge in [0.15, 0.2) is 0 Å². The second-order valence-corrected chi connectivity index (χ2v) is 4.59. The molecule has 8 heteroatoms. The number of carbonyl (C=O) groups excluding carboxylic acids is 1. The Balaban J connectivity index is 2.01. The molecule has 1 aromatic carbocycles. The highest BCUT2D eigenvalue weighted by Gasteiger charge is 2.07. The van der Waals surface area contributed by atoms with E-state index in [-0.39, 0.29) is 12.8 Å².